The molecule has 4 heteroatoms. The summed E-state index contributed by atoms with van der Waals surface area (Å²) in [6.07, 6.45) is 0. The zero-order valence-electron chi connectivity index (χ0n) is 12.3. The van der Waals surface area contributed by atoms with Crippen molar-refractivity contribution in [2.75, 3.05) is 17.6 Å². The summed E-state index contributed by atoms with van der Waals surface area (Å²) in [5.74, 6) is 3.13. The highest BCUT2D eigenvalue weighted by Crippen LogP contribution is 2.19. The molecule has 0 amide bonds. The fourth-order valence-corrected chi connectivity index (χ4v) is 1.77. The number of rotatable bonds is 5. The highest BCUT2D eigenvalue weighted by atomic mass is 15.0. The van der Waals surface area contributed by atoms with Gasteiger partial charge in [-0.1, -0.05) is 51.1 Å². The Morgan fingerprint density at radius 3 is 2.45 bits per heavy atom. The van der Waals surface area contributed by atoms with Gasteiger partial charge in [0.1, 0.15) is 11.6 Å². The van der Waals surface area contributed by atoms with Crippen LogP contribution in [-0.2, 0) is 0 Å². The quantitative estimate of drug-likeness (QED) is 0.873. The minimum absolute atomic E-state index is 0.485. The van der Waals surface area contributed by atoms with Crippen LogP contribution in [0, 0.1) is 11.8 Å². The third-order valence-electron chi connectivity index (χ3n) is 3.52. The van der Waals surface area contributed by atoms with E-state index in [1.54, 1.807) is 6.07 Å². The van der Waals surface area contributed by atoms with Gasteiger partial charge in [-0.05, 0) is 11.8 Å². The summed E-state index contributed by atoms with van der Waals surface area (Å²) < 4.78 is 0. The molecule has 20 heavy (non-hydrogen) atoms. The van der Waals surface area contributed by atoms with E-state index in [1.165, 1.54) is 0 Å². The van der Waals surface area contributed by atoms with E-state index in [2.05, 4.69) is 36.1 Å². The third kappa shape index (κ3) is 3.70. The number of nitrogens with zero attached hydrogens (tertiary/aromatic N) is 2. The van der Waals surface area contributed by atoms with E-state index in [-0.39, 0.29) is 0 Å². The van der Waals surface area contributed by atoms with Crippen LogP contribution in [0.2, 0.25) is 0 Å². The van der Waals surface area contributed by atoms with Crippen LogP contribution >= 0.6 is 0 Å². The van der Waals surface area contributed by atoms with Crippen LogP contribution in [0.4, 0.5) is 11.6 Å². The first-order chi connectivity index (χ1) is 9.56. The SMILES string of the molecule is CC(C)C(C)CNc1cc(N)nc(-c2ccccc2)n1. The van der Waals surface area contributed by atoms with E-state index < -0.39 is 0 Å². The van der Waals surface area contributed by atoms with Gasteiger partial charge in [0, 0.05) is 18.2 Å². The van der Waals surface area contributed by atoms with Gasteiger partial charge in [-0.3, -0.25) is 0 Å². The Morgan fingerprint density at radius 1 is 1.10 bits per heavy atom. The van der Waals surface area contributed by atoms with Crippen molar-refractivity contribution in [3.63, 3.8) is 0 Å². The van der Waals surface area contributed by atoms with Gasteiger partial charge in [0.2, 0.25) is 0 Å². The molecule has 2 aromatic rings. The van der Waals surface area contributed by atoms with E-state index in [0.29, 0.717) is 23.5 Å². The van der Waals surface area contributed by atoms with Crippen molar-refractivity contribution in [1.82, 2.24) is 9.97 Å². The summed E-state index contributed by atoms with van der Waals surface area (Å²) in [6.45, 7) is 7.54. The molecule has 0 fully saturated rings. The number of nitrogens with two attached hydrogens (primary N) is 1. The van der Waals surface area contributed by atoms with E-state index in [4.69, 9.17) is 5.73 Å². The number of aromatic nitrogens is 2. The molecule has 106 valence electrons. The van der Waals surface area contributed by atoms with Crippen molar-refractivity contribution in [3.05, 3.63) is 36.4 Å². The minimum Gasteiger partial charge on any atom is -0.384 e. The van der Waals surface area contributed by atoms with Crippen LogP contribution in [0.5, 0.6) is 0 Å². The number of nitrogen functional groups attached to an aromatic ring is 1. The lowest BCUT2D eigenvalue weighted by molar-refractivity contribution is 0.439. The van der Waals surface area contributed by atoms with E-state index in [0.717, 1.165) is 17.9 Å². The maximum absolute atomic E-state index is 5.87. The normalized spacial score (nSPS) is 12.4. The van der Waals surface area contributed by atoms with Crippen LogP contribution in [-0.4, -0.2) is 16.5 Å². The number of hydrogen-bond acceptors (Lipinski definition) is 4. The Morgan fingerprint density at radius 2 is 1.80 bits per heavy atom. The van der Waals surface area contributed by atoms with E-state index >= 15 is 0 Å². The molecule has 0 saturated carbocycles. The van der Waals surface area contributed by atoms with Gasteiger partial charge in [-0.25, -0.2) is 9.97 Å². The van der Waals surface area contributed by atoms with Crippen molar-refractivity contribution in [3.8, 4) is 11.4 Å². The van der Waals surface area contributed by atoms with Crippen LogP contribution in [0.25, 0.3) is 11.4 Å². The second kappa shape index (κ2) is 6.37. The Balaban J connectivity index is 2.17. The number of nitrogens with one attached hydrogen (secondary N) is 1. The van der Waals surface area contributed by atoms with Crippen LogP contribution < -0.4 is 11.1 Å². The molecule has 3 N–H and O–H groups in total. The molecule has 1 aromatic heterocycles. The predicted molar refractivity (Wildman–Crippen MR) is 84.4 cm³/mol. The van der Waals surface area contributed by atoms with Gasteiger partial charge in [-0.2, -0.15) is 0 Å². The number of hydrogen-bond donors (Lipinski definition) is 2. The smallest absolute Gasteiger partial charge is 0.163 e. The minimum atomic E-state index is 0.485. The monoisotopic (exact) mass is 270 g/mol. The molecule has 0 aliphatic heterocycles. The molecular formula is C16H22N4. The van der Waals surface area contributed by atoms with Gasteiger partial charge >= 0.3 is 0 Å². The molecule has 2 rings (SSSR count). The molecule has 1 unspecified atom stereocenters. The lowest BCUT2D eigenvalue weighted by atomic mass is 9.98. The summed E-state index contributed by atoms with van der Waals surface area (Å²) in [5.41, 5.74) is 6.84. The van der Waals surface area contributed by atoms with Crippen LogP contribution in [0.3, 0.4) is 0 Å². The second-order valence-corrected chi connectivity index (χ2v) is 5.47. The highest BCUT2D eigenvalue weighted by molar-refractivity contribution is 5.60. The van der Waals surface area contributed by atoms with Crippen molar-refractivity contribution >= 4 is 11.6 Å². The van der Waals surface area contributed by atoms with Crippen LogP contribution in [0.15, 0.2) is 36.4 Å². The van der Waals surface area contributed by atoms with Crippen molar-refractivity contribution < 1.29 is 0 Å². The third-order valence-corrected chi connectivity index (χ3v) is 3.52. The standard InChI is InChI=1S/C16H22N4/c1-11(2)12(3)10-18-15-9-14(17)19-16(20-15)13-7-5-4-6-8-13/h4-9,11-12H,10H2,1-3H3,(H3,17,18,19,20). The number of anilines is 2. The van der Waals surface area contributed by atoms with Gasteiger partial charge in [0.25, 0.3) is 0 Å². The summed E-state index contributed by atoms with van der Waals surface area (Å²) in [7, 11) is 0. The zero-order valence-corrected chi connectivity index (χ0v) is 12.3. The Kier molecular flexibility index (Phi) is 4.56. The van der Waals surface area contributed by atoms with Crippen molar-refractivity contribution in [2.45, 2.75) is 20.8 Å². The molecule has 1 atom stereocenters. The molecule has 0 aliphatic rings. The topological polar surface area (TPSA) is 63.8 Å². The second-order valence-electron chi connectivity index (χ2n) is 5.47. The summed E-state index contributed by atoms with van der Waals surface area (Å²) >= 11 is 0. The highest BCUT2D eigenvalue weighted by Gasteiger charge is 2.09. The first-order valence-corrected chi connectivity index (χ1v) is 7.00. The molecule has 1 heterocycles. The first-order valence-electron chi connectivity index (χ1n) is 7.00. The summed E-state index contributed by atoms with van der Waals surface area (Å²) in [4.78, 5) is 8.83. The molecule has 1 aromatic carbocycles. The summed E-state index contributed by atoms with van der Waals surface area (Å²) in [6, 6.07) is 11.6. The van der Waals surface area contributed by atoms with Gasteiger partial charge in [-0.15, -0.1) is 0 Å². The van der Waals surface area contributed by atoms with Gasteiger partial charge < -0.3 is 11.1 Å². The molecule has 4 nitrogen and oxygen atoms in total. The average molecular weight is 270 g/mol. The fourth-order valence-electron chi connectivity index (χ4n) is 1.77. The fraction of sp³-hybridized carbons (Fsp3) is 0.375. The Bertz CT molecular complexity index is 552. The van der Waals surface area contributed by atoms with Crippen molar-refractivity contribution in [1.29, 1.82) is 0 Å². The van der Waals surface area contributed by atoms with E-state index in [1.807, 2.05) is 30.3 Å². The van der Waals surface area contributed by atoms with Crippen molar-refractivity contribution in [2.24, 2.45) is 11.8 Å². The molecule has 0 spiro atoms. The van der Waals surface area contributed by atoms with Gasteiger partial charge in [0.15, 0.2) is 5.82 Å². The lowest BCUT2D eigenvalue weighted by Gasteiger charge is -2.16. The molecule has 0 radical (unpaired) electrons. The van der Waals surface area contributed by atoms with Crippen LogP contribution in [0.1, 0.15) is 20.8 Å². The maximum atomic E-state index is 5.87. The van der Waals surface area contributed by atoms with Gasteiger partial charge in [0.05, 0.1) is 0 Å². The maximum Gasteiger partial charge on any atom is 0.163 e. The Labute approximate surface area is 120 Å². The zero-order chi connectivity index (χ0) is 14.5. The molecule has 0 aliphatic carbocycles. The van der Waals surface area contributed by atoms with E-state index in [9.17, 15) is 0 Å². The molecule has 0 saturated heterocycles. The largest absolute Gasteiger partial charge is 0.384 e. The Hall–Kier alpha value is -2.10. The average Bonchev–Trinajstić information content (AvgIpc) is 2.45. The number of benzene rings is 1. The molecule has 0 bridgehead atoms. The molecular weight excluding hydrogens is 248 g/mol. The lowest BCUT2D eigenvalue weighted by Crippen LogP contribution is -2.17. The predicted octanol–water partition coefficient (Wildman–Crippen LogP) is 3.43. The first kappa shape index (κ1) is 14.3. The summed E-state index contributed by atoms with van der Waals surface area (Å²) in [5, 5.41) is 3.35.